The van der Waals surface area contributed by atoms with Gasteiger partial charge in [0, 0.05) is 6.92 Å². The van der Waals surface area contributed by atoms with Crippen LogP contribution in [-0.2, 0) is 23.8 Å². The Bertz CT molecular complexity index is 456. The van der Waals surface area contributed by atoms with Crippen molar-refractivity contribution >= 4 is 11.9 Å². The molecule has 0 aromatic rings. The van der Waals surface area contributed by atoms with Crippen molar-refractivity contribution in [3.8, 4) is 0 Å². The van der Waals surface area contributed by atoms with E-state index in [2.05, 4.69) is 0 Å². The van der Waals surface area contributed by atoms with E-state index in [0.717, 1.165) is 19.3 Å². The maximum atomic E-state index is 11.5. The molecule has 6 nitrogen and oxygen atoms in total. The van der Waals surface area contributed by atoms with Gasteiger partial charge in [0.15, 0.2) is 0 Å². The fraction of sp³-hybridized carbons (Fsp3) is 0.667. The third kappa shape index (κ3) is 8.26. The van der Waals surface area contributed by atoms with Crippen LogP contribution in [0.5, 0.6) is 0 Å². The van der Waals surface area contributed by atoms with Crippen LogP contribution in [0, 0.1) is 0 Å². The van der Waals surface area contributed by atoms with Crippen LogP contribution >= 0.6 is 0 Å². The average molecular weight is 340 g/mol. The highest BCUT2D eigenvalue weighted by molar-refractivity contribution is 5.70. The predicted octanol–water partition coefficient (Wildman–Crippen LogP) is 2.30. The SMILES string of the molecule is CCOC(=O)C[C@H]1O[C@H](/C=C/CCC[C@@H](C)OC(C)=O)C=C[C@@H]1O. The Hall–Kier alpha value is -1.66. The van der Waals surface area contributed by atoms with Crippen LogP contribution in [0.3, 0.4) is 0 Å². The smallest absolute Gasteiger partial charge is 0.308 e. The molecule has 4 atom stereocenters. The van der Waals surface area contributed by atoms with Crippen molar-refractivity contribution in [2.75, 3.05) is 6.61 Å². The number of allylic oxidation sites excluding steroid dienone is 1. The number of unbranched alkanes of at least 4 members (excludes halogenated alkanes) is 1. The van der Waals surface area contributed by atoms with Gasteiger partial charge in [0.2, 0.25) is 0 Å². The van der Waals surface area contributed by atoms with Crippen LogP contribution in [0.2, 0.25) is 0 Å². The third-order valence-corrected chi connectivity index (χ3v) is 3.56. The number of rotatable bonds is 9. The van der Waals surface area contributed by atoms with Crippen molar-refractivity contribution < 1.29 is 28.9 Å². The van der Waals surface area contributed by atoms with E-state index in [1.807, 2.05) is 19.1 Å². The number of hydrogen-bond acceptors (Lipinski definition) is 6. The number of ether oxygens (including phenoxy) is 3. The Kier molecular flexibility index (Phi) is 9.34. The summed E-state index contributed by atoms with van der Waals surface area (Å²) in [5.41, 5.74) is 0. The molecule has 0 amide bonds. The first-order chi connectivity index (χ1) is 11.4. The summed E-state index contributed by atoms with van der Waals surface area (Å²) in [6.45, 7) is 5.33. The molecule has 1 N–H and O–H groups in total. The Morgan fingerprint density at radius 3 is 2.79 bits per heavy atom. The highest BCUT2D eigenvalue weighted by atomic mass is 16.5. The van der Waals surface area contributed by atoms with Crippen molar-refractivity contribution in [1.29, 1.82) is 0 Å². The summed E-state index contributed by atoms with van der Waals surface area (Å²) in [5.74, 6) is -0.635. The molecule has 0 aromatic heterocycles. The van der Waals surface area contributed by atoms with E-state index in [1.165, 1.54) is 6.92 Å². The molecule has 0 saturated heterocycles. The molecule has 0 saturated carbocycles. The van der Waals surface area contributed by atoms with Gasteiger partial charge in [0.1, 0.15) is 0 Å². The summed E-state index contributed by atoms with van der Waals surface area (Å²) in [6.07, 6.45) is 8.14. The maximum Gasteiger partial charge on any atom is 0.308 e. The lowest BCUT2D eigenvalue weighted by Gasteiger charge is -2.27. The lowest BCUT2D eigenvalue weighted by Crippen LogP contribution is -2.36. The van der Waals surface area contributed by atoms with Crippen LogP contribution in [-0.4, -0.2) is 48.1 Å². The molecule has 1 aliphatic rings. The minimum absolute atomic E-state index is 0.0313. The monoisotopic (exact) mass is 340 g/mol. The Labute approximate surface area is 143 Å². The second kappa shape index (κ2) is 11.0. The van der Waals surface area contributed by atoms with Crippen molar-refractivity contribution in [3.05, 3.63) is 24.3 Å². The summed E-state index contributed by atoms with van der Waals surface area (Å²) in [4.78, 5) is 22.3. The molecule has 0 spiro atoms. The number of aliphatic hydroxyl groups is 1. The van der Waals surface area contributed by atoms with Gasteiger partial charge >= 0.3 is 11.9 Å². The predicted molar refractivity (Wildman–Crippen MR) is 89.3 cm³/mol. The van der Waals surface area contributed by atoms with Crippen LogP contribution in [0.15, 0.2) is 24.3 Å². The molecular weight excluding hydrogens is 312 g/mol. The Morgan fingerprint density at radius 1 is 1.38 bits per heavy atom. The van der Waals surface area contributed by atoms with Gasteiger partial charge in [-0.1, -0.05) is 24.3 Å². The van der Waals surface area contributed by atoms with E-state index in [0.29, 0.717) is 6.61 Å². The van der Waals surface area contributed by atoms with Crippen LogP contribution < -0.4 is 0 Å². The molecule has 0 unspecified atom stereocenters. The number of hydrogen-bond donors (Lipinski definition) is 1. The van der Waals surface area contributed by atoms with Gasteiger partial charge in [-0.15, -0.1) is 0 Å². The molecule has 1 heterocycles. The quantitative estimate of drug-likeness (QED) is 0.394. The molecule has 1 rings (SSSR count). The standard InChI is InChI=1S/C18H28O6/c1-4-22-18(21)12-17-16(20)11-10-15(24-17)9-7-5-6-8-13(2)23-14(3)19/h7,9-11,13,15-17,20H,4-6,8,12H2,1-3H3/b9-7+/t13-,15-,16+,17-/m1/s1. The normalized spacial score (nSPS) is 24.8. The first kappa shape index (κ1) is 20.4. The topological polar surface area (TPSA) is 82.1 Å². The maximum absolute atomic E-state index is 11.5. The summed E-state index contributed by atoms with van der Waals surface area (Å²) < 4.78 is 15.6. The fourth-order valence-electron chi connectivity index (χ4n) is 2.43. The van der Waals surface area contributed by atoms with Gasteiger partial charge < -0.3 is 19.3 Å². The number of aliphatic hydroxyl groups excluding tert-OH is 1. The molecule has 0 bridgehead atoms. The number of carbonyl (C=O) groups excluding carboxylic acids is 2. The molecule has 1 aliphatic heterocycles. The van der Waals surface area contributed by atoms with Crippen molar-refractivity contribution in [3.63, 3.8) is 0 Å². The fourth-order valence-corrected chi connectivity index (χ4v) is 2.43. The van der Waals surface area contributed by atoms with E-state index in [1.54, 1.807) is 19.1 Å². The minimum Gasteiger partial charge on any atom is -0.466 e. The van der Waals surface area contributed by atoms with Gasteiger partial charge in [-0.2, -0.15) is 0 Å². The Balaban J connectivity index is 2.33. The van der Waals surface area contributed by atoms with Crippen molar-refractivity contribution in [1.82, 2.24) is 0 Å². The average Bonchev–Trinajstić information content (AvgIpc) is 2.49. The highest BCUT2D eigenvalue weighted by Crippen LogP contribution is 2.18. The van der Waals surface area contributed by atoms with E-state index >= 15 is 0 Å². The largest absolute Gasteiger partial charge is 0.466 e. The molecule has 0 aliphatic carbocycles. The summed E-state index contributed by atoms with van der Waals surface area (Å²) in [7, 11) is 0. The summed E-state index contributed by atoms with van der Waals surface area (Å²) in [5, 5.41) is 9.86. The van der Waals surface area contributed by atoms with E-state index in [-0.39, 0.29) is 30.6 Å². The molecule has 6 heteroatoms. The number of carbonyl (C=O) groups is 2. The molecule has 136 valence electrons. The zero-order valence-electron chi connectivity index (χ0n) is 14.6. The third-order valence-electron chi connectivity index (χ3n) is 3.56. The summed E-state index contributed by atoms with van der Waals surface area (Å²) >= 11 is 0. The Morgan fingerprint density at radius 2 is 2.12 bits per heavy atom. The second-order valence-electron chi connectivity index (χ2n) is 5.80. The molecule has 0 radical (unpaired) electrons. The molecule has 0 aromatic carbocycles. The number of esters is 2. The van der Waals surface area contributed by atoms with Gasteiger partial charge in [0.05, 0.1) is 37.4 Å². The van der Waals surface area contributed by atoms with Gasteiger partial charge in [-0.3, -0.25) is 9.59 Å². The van der Waals surface area contributed by atoms with Gasteiger partial charge in [-0.05, 0) is 33.1 Å². The second-order valence-corrected chi connectivity index (χ2v) is 5.80. The lowest BCUT2D eigenvalue weighted by molar-refractivity contribution is -0.149. The van der Waals surface area contributed by atoms with Crippen LogP contribution in [0.25, 0.3) is 0 Å². The first-order valence-corrected chi connectivity index (χ1v) is 8.43. The lowest BCUT2D eigenvalue weighted by atomic mass is 10.0. The van der Waals surface area contributed by atoms with Gasteiger partial charge in [0.25, 0.3) is 0 Å². The molecular formula is C18H28O6. The highest BCUT2D eigenvalue weighted by Gasteiger charge is 2.27. The van der Waals surface area contributed by atoms with Crippen LogP contribution in [0.4, 0.5) is 0 Å². The first-order valence-electron chi connectivity index (χ1n) is 8.43. The van der Waals surface area contributed by atoms with Gasteiger partial charge in [-0.25, -0.2) is 0 Å². The van der Waals surface area contributed by atoms with Crippen molar-refractivity contribution in [2.45, 2.75) is 70.9 Å². The van der Waals surface area contributed by atoms with Crippen molar-refractivity contribution in [2.24, 2.45) is 0 Å². The zero-order valence-corrected chi connectivity index (χ0v) is 14.6. The van der Waals surface area contributed by atoms with Crippen LogP contribution in [0.1, 0.15) is 46.5 Å². The molecule has 0 fully saturated rings. The zero-order chi connectivity index (χ0) is 17.9. The van der Waals surface area contributed by atoms with E-state index in [4.69, 9.17) is 14.2 Å². The molecule has 24 heavy (non-hydrogen) atoms. The van der Waals surface area contributed by atoms with E-state index in [9.17, 15) is 14.7 Å². The summed E-state index contributed by atoms with van der Waals surface area (Å²) in [6, 6.07) is 0. The van der Waals surface area contributed by atoms with E-state index < -0.39 is 12.2 Å². The minimum atomic E-state index is -0.802.